The van der Waals surface area contributed by atoms with E-state index in [0.717, 1.165) is 22.9 Å². The second-order valence-corrected chi connectivity index (χ2v) is 4.56. The molecule has 1 unspecified atom stereocenters. The summed E-state index contributed by atoms with van der Waals surface area (Å²) in [5.74, 6) is 0. The molecule has 2 aromatic rings. The van der Waals surface area contributed by atoms with Gasteiger partial charge in [-0.3, -0.25) is 0 Å². The van der Waals surface area contributed by atoms with E-state index in [9.17, 15) is 5.11 Å². The molecule has 0 fully saturated rings. The topological polar surface area (TPSA) is 38.0 Å². The average Bonchev–Trinajstić information content (AvgIpc) is 2.75. The molecule has 0 aliphatic rings. The Bertz CT molecular complexity index is 445. The van der Waals surface area contributed by atoms with Gasteiger partial charge in [0.2, 0.25) is 0 Å². The number of aryl methyl sites for hydroxylation is 1. The predicted molar refractivity (Wildman–Crippen MR) is 61.0 cm³/mol. The van der Waals surface area contributed by atoms with E-state index in [2.05, 4.69) is 4.98 Å². The molecule has 15 heavy (non-hydrogen) atoms. The highest BCUT2D eigenvalue weighted by Crippen LogP contribution is 2.16. The summed E-state index contributed by atoms with van der Waals surface area (Å²) >= 11 is 1.65. The zero-order chi connectivity index (χ0) is 10.8. The molecule has 0 saturated carbocycles. The summed E-state index contributed by atoms with van der Waals surface area (Å²) in [6.45, 7) is 4.51. The first-order valence-electron chi connectivity index (χ1n) is 4.91. The van der Waals surface area contributed by atoms with Gasteiger partial charge in [0.15, 0.2) is 0 Å². The lowest BCUT2D eigenvalue weighted by atomic mass is 10.3. The quantitative estimate of drug-likeness (QED) is 0.865. The van der Waals surface area contributed by atoms with E-state index in [1.165, 1.54) is 0 Å². The van der Waals surface area contributed by atoms with Gasteiger partial charge in [-0.15, -0.1) is 11.3 Å². The van der Waals surface area contributed by atoms with Gasteiger partial charge in [-0.2, -0.15) is 0 Å². The van der Waals surface area contributed by atoms with Crippen molar-refractivity contribution >= 4 is 11.3 Å². The smallest absolute Gasteiger partial charge is 0.113 e. The van der Waals surface area contributed by atoms with Crippen molar-refractivity contribution in [3.63, 3.8) is 0 Å². The van der Waals surface area contributed by atoms with Crippen LogP contribution < -0.4 is 0 Å². The molecule has 0 amide bonds. The van der Waals surface area contributed by atoms with E-state index in [0.29, 0.717) is 0 Å². The Morgan fingerprint density at radius 1 is 1.60 bits per heavy atom. The lowest BCUT2D eigenvalue weighted by Gasteiger charge is -2.09. The first-order chi connectivity index (χ1) is 7.16. The molecule has 0 spiro atoms. The van der Waals surface area contributed by atoms with E-state index in [1.807, 2.05) is 35.2 Å². The van der Waals surface area contributed by atoms with E-state index in [1.54, 1.807) is 18.3 Å². The number of hydrogen-bond acceptors (Lipinski definition) is 3. The fourth-order valence-corrected chi connectivity index (χ4v) is 2.34. The van der Waals surface area contributed by atoms with Crippen molar-refractivity contribution in [3.8, 4) is 0 Å². The molecule has 1 atom stereocenters. The number of thiazole rings is 1. The summed E-state index contributed by atoms with van der Waals surface area (Å²) in [6, 6.07) is 3.88. The van der Waals surface area contributed by atoms with Gasteiger partial charge in [0, 0.05) is 23.0 Å². The molecule has 0 saturated heterocycles. The van der Waals surface area contributed by atoms with Crippen molar-refractivity contribution in [2.75, 3.05) is 0 Å². The van der Waals surface area contributed by atoms with Crippen molar-refractivity contribution in [3.05, 3.63) is 40.1 Å². The Morgan fingerprint density at radius 3 is 3.00 bits per heavy atom. The maximum Gasteiger partial charge on any atom is 0.113 e. The van der Waals surface area contributed by atoms with Crippen LogP contribution in [0.5, 0.6) is 0 Å². The number of rotatable bonds is 3. The maximum absolute atomic E-state index is 9.54. The van der Waals surface area contributed by atoms with Gasteiger partial charge in [-0.1, -0.05) is 0 Å². The summed E-state index contributed by atoms with van der Waals surface area (Å²) in [7, 11) is 0. The van der Waals surface area contributed by atoms with Crippen LogP contribution in [0.3, 0.4) is 0 Å². The molecule has 0 bridgehead atoms. The Kier molecular flexibility index (Phi) is 2.88. The van der Waals surface area contributed by atoms with Crippen LogP contribution in [0, 0.1) is 6.92 Å². The van der Waals surface area contributed by atoms with Crippen LogP contribution in [0.1, 0.15) is 29.4 Å². The Morgan fingerprint density at radius 2 is 2.40 bits per heavy atom. The van der Waals surface area contributed by atoms with Gasteiger partial charge in [-0.05, 0) is 26.0 Å². The van der Waals surface area contributed by atoms with Crippen molar-refractivity contribution in [2.24, 2.45) is 0 Å². The Labute approximate surface area is 93.0 Å². The highest BCUT2D eigenvalue weighted by atomic mass is 32.1. The minimum absolute atomic E-state index is 0.430. The summed E-state index contributed by atoms with van der Waals surface area (Å²) < 4.78 is 2.03. The molecule has 0 radical (unpaired) electrons. The summed E-state index contributed by atoms with van der Waals surface area (Å²) in [5, 5.41) is 12.7. The molecule has 0 aliphatic carbocycles. The van der Waals surface area contributed by atoms with Crippen molar-refractivity contribution in [1.29, 1.82) is 0 Å². The molecular formula is C11H14N2OS. The molecule has 3 nitrogen and oxygen atoms in total. The van der Waals surface area contributed by atoms with Crippen LogP contribution in [0.15, 0.2) is 23.7 Å². The molecule has 2 rings (SSSR count). The van der Waals surface area contributed by atoms with Crippen LogP contribution in [-0.4, -0.2) is 14.7 Å². The van der Waals surface area contributed by atoms with Crippen LogP contribution in [0.25, 0.3) is 0 Å². The molecule has 0 aromatic carbocycles. The number of nitrogens with zero attached hydrogens (tertiary/aromatic N) is 2. The average molecular weight is 222 g/mol. The zero-order valence-corrected chi connectivity index (χ0v) is 9.66. The minimum Gasteiger partial charge on any atom is -0.387 e. The van der Waals surface area contributed by atoms with Crippen LogP contribution >= 0.6 is 11.3 Å². The number of aromatic nitrogens is 2. The zero-order valence-electron chi connectivity index (χ0n) is 8.84. The Hall–Kier alpha value is -1.13. The summed E-state index contributed by atoms with van der Waals surface area (Å²) in [4.78, 5) is 4.40. The van der Waals surface area contributed by atoms with Crippen LogP contribution in [0.2, 0.25) is 0 Å². The number of aliphatic hydroxyl groups excluding tert-OH is 1. The molecule has 1 N–H and O–H groups in total. The van der Waals surface area contributed by atoms with E-state index in [-0.39, 0.29) is 0 Å². The van der Waals surface area contributed by atoms with Crippen molar-refractivity contribution in [2.45, 2.75) is 26.5 Å². The molecule has 2 aromatic heterocycles. The van der Waals surface area contributed by atoms with Crippen molar-refractivity contribution < 1.29 is 5.11 Å². The SMILES string of the molecule is Cc1csc(Cn2cccc2C(C)O)n1. The number of hydrogen-bond donors (Lipinski definition) is 1. The second kappa shape index (κ2) is 4.16. The fraction of sp³-hybridized carbons (Fsp3) is 0.364. The lowest BCUT2D eigenvalue weighted by molar-refractivity contribution is 0.190. The number of aliphatic hydroxyl groups is 1. The van der Waals surface area contributed by atoms with E-state index < -0.39 is 6.10 Å². The molecular weight excluding hydrogens is 208 g/mol. The van der Waals surface area contributed by atoms with Gasteiger partial charge in [0.05, 0.1) is 12.6 Å². The monoisotopic (exact) mass is 222 g/mol. The van der Waals surface area contributed by atoms with Gasteiger partial charge < -0.3 is 9.67 Å². The highest BCUT2D eigenvalue weighted by Gasteiger charge is 2.08. The minimum atomic E-state index is -0.430. The van der Waals surface area contributed by atoms with Gasteiger partial charge in [0.1, 0.15) is 5.01 Å². The highest BCUT2D eigenvalue weighted by molar-refractivity contribution is 7.09. The standard InChI is InChI=1S/C11H14N2OS/c1-8-7-15-11(12-8)6-13-5-3-4-10(13)9(2)14/h3-5,7,9,14H,6H2,1-2H3. The largest absolute Gasteiger partial charge is 0.387 e. The maximum atomic E-state index is 9.54. The van der Waals surface area contributed by atoms with Gasteiger partial charge in [0.25, 0.3) is 0 Å². The first-order valence-corrected chi connectivity index (χ1v) is 5.79. The first kappa shape index (κ1) is 10.4. The van der Waals surface area contributed by atoms with Crippen LogP contribution in [-0.2, 0) is 6.54 Å². The van der Waals surface area contributed by atoms with Gasteiger partial charge >= 0.3 is 0 Å². The third-order valence-corrected chi connectivity index (χ3v) is 3.22. The third-order valence-electron chi connectivity index (χ3n) is 2.26. The molecule has 0 aliphatic heterocycles. The van der Waals surface area contributed by atoms with Gasteiger partial charge in [-0.25, -0.2) is 4.98 Å². The predicted octanol–water partition coefficient (Wildman–Crippen LogP) is 2.35. The fourth-order valence-electron chi connectivity index (χ4n) is 1.57. The summed E-state index contributed by atoms with van der Waals surface area (Å²) in [6.07, 6.45) is 1.54. The lowest BCUT2D eigenvalue weighted by Crippen LogP contribution is -2.05. The van der Waals surface area contributed by atoms with Crippen molar-refractivity contribution in [1.82, 2.24) is 9.55 Å². The van der Waals surface area contributed by atoms with E-state index >= 15 is 0 Å². The third kappa shape index (κ3) is 2.27. The van der Waals surface area contributed by atoms with E-state index in [4.69, 9.17) is 0 Å². The molecule has 80 valence electrons. The van der Waals surface area contributed by atoms with Crippen LogP contribution in [0.4, 0.5) is 0 Å². The molecule has 4 heteroatoms. The Balaban J connectivity index is 2.20. The second-order valence-electron chi connectivity index (χ2n) is 3.62. The normalized spacial score (nSPS) is 13.0. The summed E-state index contributed by atoms with van der Waals surface area (Å²) in [5.41, 5.74) is 1.99. The molecule has 2 heterocycles.